The van der Waals surface area contributed by atoms with E-state index in [-0.39, 0.29) is 25.0 Å². The molecule has 5 heteroatoms. The fourth-order valence-electron chi connectivity index (χ4n) is 2.85. The molecule has 1 saturated heterocycles. The molecule has 1 aliphatic rings. The number of rotatable bonds is 7. The van der Waals surface area contributed by atoms with Crippen LogP contribution >= 0.6 is 0 Å². The van der Waals surface area contributed by atoms with Crippen molar-refractivity contribution < 1.29 is 19.4 Å². The number of hydrogen-bond acceptors (Lipinski definition) is 3. The highest BCUT2D eigenvalue weighted by Gasteiger charge is 2.23. The van der Waals surface area contributed by atoms with Gasteiger partial charge in [0, 0.05) is 19.7 Å². The third-order valence-electron chi connectivity index (χ3n) is 4.24. The van der Waals surface area contributed by atoms with Gasteiger partial charge in [-0.2, -0.15) is 0 Å². The Morgan fingerprint density at radius 1 is 1.35 bits per heavy atom. The summed E-state index contributed by atoms with van der Waals surface area (Å²) in [6.07, 6.45) is 2.24. The van der Waals surface area contributed by atoms with Crippen LogP contribution in [0.25, 0.3) is 0 Å². The molecule has 23 heavy (non-hydrogen) atoms. The molecule has 1 aliphatic heterocycles. The summed E-state index contributed by atoms with van der Waals surface area (Å²) in [5.74, 6) is -0.919. The van der Waals surface area contributed by atoms with E-state index in [0.29, 0.717) is 13.0 Å². The summed E-state index contributed by atoms with van der Waals surface area (Å²) in [5.41, 5.74) is 3.21. The van der Waals surface area contributed by atoms with Gasteiger partial charge in [0.1, 0.15) is 0 Å². The zero-order chi connectivity index (χ0) is 16.8. The molecule has 1 N–H and O–H groups in total. The maximum Gasteiger partial charge on any atom is 0.305 e. The van der Waals surface area contributed by atoms with Crippen molar-refractivity contribution in [2.45, 2.75) is 45.6 Å². The Bertz CT molecular complexity index is 564. The van der Waals surface area contributed by atoms with Crippen molar-refractivity contribution in [3.63, 3.8) is 0 Å². The zero-order valence-corrected chi connectivity index (χ0v) is 13.9. The van der Waals surface area contributed by atoms with E-state index in [0.717, 1.165) is 36.1 Å². The molecule has 2 rings (SSSR count). The molecule has 0 saturated carbocycles. The van der Waals surface area contributed by atoms with Crippen molar-refractivity contribution in [3.8, 4) is 0 Å². The molecule has 5 nitrogen and oxygen atoms in total. The second kappa shape index (κ2) is 8.11. The lowest BCUT2D eigenvalue weighted by Crippen LogP contribution is -2.39. The van der Waals surface area contributed by atoms with E-state index >= 15 is 0 Å². The highest BCUT2D eigenvalue weighted by atomic mass is 16.5. The minimum absolute atomic E-state index is 0.0320. The van der Waals surface area contributed by atoms with E-state index in [4.69, 9.17) is 9.84 Å². The van der Waals surface area contributed by atoms with Crippen LogP contribution in [0.15, 0.2) is 18.2 Å². The summed E-state index contributed by atoms with van der Waals surface area (Å²) in [7, 11) is 0. The third kappa shape index (κ3) is 5.36. The largest absolute Gasteiger partial charge is 0.481 e. The second-order valence-electron chi connectivity index (χ2n) is 6.23. The predicted molar refractivity (Wildman–Crippen MR) is 87.4 cm³/mol. The lowest BCUT2D eigenvalue weighted by Gasteiger charge is -2.25. The number of hydrogen-bond donors (Lipinski definition) is 1. The summed E-state index contributed by atoms with van der Waals surface area (Å²) in [4.78, 5) is 25.2. The number of carbonyl (C=O) groups excluding carboxylic acids is 1. The highest BCUT2D eigenvalue weighted by molar-refractivity contribution is 5.80. The Hall–Kier alpha value is -1.88. The minimum atomic E-state index is -0.887. The molecule has 1 heterocycles. The first-order valence-corrected chi connectivity index (χ1v) is 8.13. The van der Waals surface area contributed by atoms with Crippen LogP contribution in [-0.4, -0.2) is 47.7 Å². The van der Waals surface area contributed by atoms with Gasteiger partial charge < -0.3 is 14.7 Å². The van der Waals surface area contributed by atoms with Crippen LogP contribution in [0.3, 0.4) is 0 Å². The van der Waals surface area contributed by atoms with E-state index < -0.39 is 5.97 Å². The number of benzene rings is 1. The van der Waals surface area contributed by atoms with Gasteiger partial charge in [-0.25, -0.2) is 0 Å². The Kier molecular flexibility index (Phi) is 6.16. The zero-order valence-electron chi connectivity index (χ0n) is 13.9. The monoisotopic (exact) mass is 319 g/mol. The van der Waals surface area contributed by atoms with E-state index in [1.807, 2.05) is 32.0 Å². The van der Waals surface area contributed by atoms with Crippen molar-refractivity contribution in [1.29, 1.82) is 0 Å². The van der Waals surface area contributed by atoms with Gasteiger partial charge in [0.05, 0.1) is 18.9 Å². The number of amides is 1. The molecule has 0 aromatic heterocycles. The van der Waals surface area contributed by atoms with Crippen molar-refractivity contribution in [2.75, 3.05) is 19.7 Å². The lowest BCUT2D eigenvalue weighted by molar-refractivity contribution is -0.139. The summed E-state index contributed by atoms with van der Waals surface area (Å²) < 4.78 is 5.59. The van der Waals surface area contributed by atoms with Gasteiger partial charge in [0.2, 0.25) is 5.91 Å². The second-order valence-corrected chi connectivity index (χ2v) is 6.23. The molecule has 1 atom stereocenters. The van der Waals surface area contributed by atoms with Crippen LogP contribution < -0.4 is 0 Å². The Balaban J connectivity index is 2.04. The number of carboxylic acid groups (broad SMARTS) is 1. The Labute approximate surface area is 137 Å². The van der Waals surface area contributed by atoms with E-state index in [2.05, 4.69) is 0 Å². The summed E-state index contributed by atoms with van der Waals surface area (Å²) in [6.45, 7) is 5.43. The average molecular weight is 319 g/mol. The SMILES string of the molecule is Cc1ccc(C)c(CC(=O)N(CCC(=O)O)C[C@@H]2CCCO2)c1. The summed E-state index contributed by atoms with van der Waals surface area (Å²) in [6, 6.07) is 6.06. The number of aliphatic carboxylic acids is 1. The quantitative estimate of drug-likeness (QED) is 0.837. The standard InChI is InChI=1S/C18H25NO4/c1-13-5-6-14(2)15(10-13)11-17(20)19(8-7-18(21)22)12-16-4-3-9-23-16/h5-6,10,16H,3-4,7-9,11-12H2,1-2H3,(H,21,22)/t16-/m0/s1. The van der Waals surface area contributed by atoms with E-state index in [1.165, 1.54) is 0 Å². The van der Waals surface area contributed by atoms with Crippen LogP contribution in [-0.2, 0) is 20.7 Å². The van der Waals surface area contributed by atoms with Gasteiger partial charge in [-0.1, -0.05) is 23.8 Å². The molecule has 1 aromatic carbocycles. The number of nitrogens with zero attached hydrogens (tertiary/aromatic N) is 1. The lowest BCUT2D eigenvalue weighted by atomic mass is 10.0. The molecular formula is C18H25NO4. The number of carboxylic acids is 1. The van der Waals surface area contributed by atoms with E-state index in [1.54, 1.807) is 4.90 Å². The number of ether oxygens (including phenoxy) is 1. The van der Waals surface area contributed by atoms with Gasteiger partial charge in [0.25, 0.3) is 0 Å². The molecule has 0 unspecified atom stereocenters. The topological polar surface area (TPSA) is 66.8 Å². The first-order valence-electron chi connectivity index (χ1n) is 8.13. The molecule has 0 radical (unpaired) electrons. The number of aryl methyl sites for hydroxylation is 2. The molecule has 126 valence electrons. The van der Waals surface area contributed by atoms with Crippen LogP contribution in [0.4, 0.5) is 0 Å². The average Bonchev–Trinajstić information content (AvgIpc) is 3.00. The summed E-state index contributed by atoms with van der Waals surface area (Å²) >= 11 is 0. The maximum absolute atomic E-state index is 12.7. The molecule has 0 aliphatic carbocycles. The third-order valence-corrected chi connectivity index (χ3v) is 4.24. The molecular weight excluding hydrogens is 294 g/mol. The van der Waals surface area contributed by atoms with Crippen molar-refractivity contribution >= 4 is 11.9 Å². The summed E-state index contributed by atoms with van der Waals surface area (Å²) in [5, 5.41) is 8.91. The van der Waals surface area contributed by atoms with Crippen LogP contribution in [0.2, 0.25) is 0 Å². The molecule has 0 bridgehead atoms. The molecule has 1 aromatic rings. The maximum atomic E-state index is 12.7. The van der Waals surface area contributed by atoms with Crippen molar-refractivity contribution in [2.24, 2.45) is 0 Å². The fraction of sp³-hybridized carbons (Fsp3) is 0.556. The first kappa shape index (κ1) is 17.5. The Morgan fingerprint density at radius 2 is 2.13 bits per heavy atom. The number of carbonyl (C=O) groups is 2. The molecule has 1 amide bonds. The van der Waals surface area contributed by atoms with Gasteiger partial charge >= 0.3 is 5.97 Å². The van der Waals surface area contributed by atoms with Gasteiger partial charge in [-0.05, 0) is 37.8 Å². The molecule has 0 spiro atoms. The highest BCUT2D eigenvalue weighted by Crippen LogP contribution is 2.16. The van der Waals surface area contributed by atoms with E-state index in [9.17, 15) is 9.59 Å². The van der Waals surface area contributed by atoms with Gasteiger partial charge in [-0.3, -0.25) is 9.59 Å². The first-order chi connectivity index (χ1) is 11.0. The van der Waals surface area contributed by atoms with Crippen molar-refractivity contribution in [1.82, 2.24) is 4.90 Å². The smallest absolute Gasteiger partial charge is 0.305 e. The van der Waals surface area contributed by atoms with Crippen LogP contribution in [0.1, 0.15) is 36.0 Å². The van der Waals surface area contributed by atoms with Gasteiger partial charge in [0.15, 0.2) is 0 Å². The minimum Gasteiger partial charge on any atom is -0.481 e. The van der Waals surface area contributed by atoms with Crippen molar-refractivity contribution in [3.05, 3.63) is 34.9 Å². The van der Waals surface area contributed by atoms with Crippen LogP contribution in [0.5, 0.6) is 0 Å². The molecule has 1 fully saturated rings. The predicted octanol–water partition coefficient (Wildman–Crippen LogP) is 2.33. The van der Waals surface area contributed by atoms with Gasteiger partial charge in [-0.15, -0.1) is 0 Å². The van der Waals surface area contributed by atoms with Crippen LogP contribution in [0, 0.1) is 13.8 Å². The fourth-order valence-corrected chi connectivity index (χ4v) is 2.85. The Morgan fingerprint density at radius 3 is 2.78 bits per heavy atom. The normalized spacial score (nSPS) is 17.2.